The summed E-state index contributed by atoms with van der Waals surface area (Å²) in [6.45, 7) is 0. The molecule has 0 bridgehead atoms. The molecule has 0 aliphatic carbocycles. The van der Waals surface area contributed by atoms with E-state index in [1.807, 2.05) is 11.2 Å². The first kappa shape index (κ1) is 13.3. The van der Waals surface area contributed by atoms with Crippen molar-refractivity contribution in [3.63, 3.8) is 0 Å². The Morgan fingerprint density at radius 3 is 2.19 bits per heavy atom. The highest BCUT2D eigenvalue weighted by atomic mass is 19.4. The third kappa shape index (κ3) is 2.76. The molecule has 0 amide bonds. The van der Waals surface area contributed by atoms with Gasteiger partial charge in [-0.1, -0.05) is 12.1 Å². The summed E-state index contributed by atoms with van der Waals surface area (Å²) in [5.74, 6) is 0. The van der Waals surface area contributed by atoms with Gasteiger partial charge in [0.25, 0.3) is 0 Å². The molecule has 3 heterocycles. The monoisotopic (exact) mass is 290 g/mol. The van der Waals surface area contributed by atoms with Crippen LogP contribution in [0.2, 0.25) is 0 Å². The normalized spacial score (nSPS) is 11.6. The molecule has 0 atom stereocenters. The highest BCUT2D eigenvalue weighted by Crippen LogP contribution is 2.30. The Balaban J connectivity index is 1.99. The number of hydrogen-bond acceptors (Lipinski definition) is 3. The number of aromatic amines is 1. The van der Waals surface area contributed by atoms with Crippen molar-refractivity contribution in [3.05, 3.63) is 54.4 Å². The van der Waals surface area contributed by atoms with E-state index in [0.717, 1.165) is 6.07 Å². The van der Waals surface area contributed by atoms with Crippen LogP contribution < -0.4 is 0 Å². The summed E-state index contributed by atoms with van der Waals surface area (Å²) >= 11 is 0. The number of halogens is 3. The van der Waals surface area contributed by atoms with Gasteiger partial charge in [0.2, 0.25) is 0 Å². The maximum Gasteiger partial charge on any atom is 0.432 e. The fraction of sp³-hybridized carbons (Fsp3) is 0.0714. The third-order valence-electron chi connectivity index (χ3n) is 2.82. The van der Waals surface area contributed by atoms with Gasteiger partial charge in [0.1, 0.15) is 11.4 Å². The number of hydrogen-bond donors (Lipinski definition) is 1. The number of pyridine rings is 2. The Morgan fingerprint density at radius 1 is 0.857 bits per heavy atom. The van der Waals surface area contributed by atoms with Crippen LogP contribution in [0.3, 0.4) is 0 Å². The van der Waals surface area contributed by atoms with Crippen LogP contribution >= 0.6 is 0 Å². The molecule has 3 rings (SSSR count). The molecule has 0 saturated carbocycles. The molecule has 0 unspecified atom stereocenters. The second-order valence-electron chi connectivity index (χ2n) is 4.29. The Labute approximate surface area is 117 Å². The van der Waals surface area contributed by atoms with E-state index in [4.69, 9.17) is 0 Å². The van der Waals surface area contributed by atoms with E-state index in [2.05, 4.69) is 15.1 Å². The quantitative estimate of drug-likeness (QED) is 0.785. The van der Waals surface area contributed by atoms with Crippen LogP contribution in [0.15, 0.2) is 48.7 Å². The van der Waals surface area contributed by atoms with E-state index in [0.29, 0.717) is 17.1 Å². The summed E-state index contributed by atoms with van der Waals surface area (Å²) in [6.07, 6.45) is -2.83. The molecule has 0 saturated heterocycles. The fourth-order valence-electron chi connectivity index (χ4n) is 1.83. The third-order valence-corrected chi connectivity index (χ3v) is 2.82. The average Bonchev–Trinajstić information content (AvgIpc) is 2.98. The molecule has 0 aliphatic heterocycles. The summed E-state index contributed by atoms with van der Waals surface area (Å²) < 4.78 is 37.7. The molecule has 0 aliphatic rings. The highest BCUT2D eigenvalue weighted by Gasteiger charge is 2.33. The van der Waals surface area contributed by atoms with Crippen molar-refractivity contribution in [1.82, 2.24) is 20.2 Å². The van der Waals surface area contributed by atoms with E-state index in [1.54, 1.807) is 36.5 Å². The Kier molecular flexibility index (Phi) is 3.17. The molecule has 0 radical (unpaired) electrons. The van der Waals surface area contributed by atoms with E-state index >= 15 is 0 Å². The second-order valence-corrected chi connectivity index (χ2v) is 4.29. The van der Waals surface area contributed by atoms with Crippen LogP contribution in [0, 0.1) is 0 Å². The van der Waals surface area contributed by atoms with Crippen molar-refractivity contribution < 1.29 is 13.2 Å². The molecule has 3 aromatic rings. The van der Waals surface area contributed by atoms with Gasteiger partial charge >= 0.3 is 6.18 Å². The Bertz CT molecular complexity index is 750. The largest absolute Gasteiger partial charge is 0.432 e. The van der Waals surface area contributed by atoms with E-state index in [-0.39, 0.29) is 5.69 Å². The summed E-state index contributed by atoms with van der Waals surface area (Å²) in [6, 6.07) is 11.3. The van der Waals surface area contributed by atoms with Gasteiger partial charge in [0.15, 0.2) is 0 Å². The lowest BCUT2D eigenvalue weighted by atomic mass is 10.2. The molecule has 21 heavy (non-hydrogen) atoms. The SMILES string of the molecule is FC(F)(F)c1cc(-c2cccc(-c3ccccn3)n2)n[nH]1. The van der Waals surface area contributed by atoms with Crippen LogP contribution in [0.25, 0.3) is 22.8 Å². The molecular formula is C14H9F3N4. The van der Waals surface area contributed by atoms with Gasteiger partial charge in [0.05, 0.1) is 17.1 Å². The summed E-state index contributed by atoms with van der Waals surface area (Å²) in [4.78, 5) is 8.45. The van der Waals surface area contributed by atoms with Gasteiger partial charge in [-0.15, -0.1) is 0 Å². The van der Waals surface area contributed by atoms with Gasteiger partial charge in [-0.25, -0.2) is 4.98 Å². The molecule has 0 fully saturated rings. The van der Waals surface area contributed by atoms with Crippen molar-refractivity contribution >= 4 is 0 Å². The lowest BCUT2D eigenvalue weighted by Crippen LogP contribution is -2.04. The molecule has 1 N–H and O–H groups in total. The van der Waals surface area contributed by atoms with Crippen LogP contribution in [-0.4, -0.2) is 20.2 Å². The first-order valence-electron chi connectivity index (χ1n) is 6.05. The number of nitrogens with zero attached hydrogens (tertiary/aromatic N) is 3. The minimum atomic E-state index is -4.45. The lowest BCUT2D eigenvalue weighted by molar-refractivity contribution is -0.141. The zero-order valence-corrected chi connectivity index (χ0v) is 10.6. The summed E-state index contributed by atoms with van der Waals surface area (Å²) in [5.41, 5.74) is 0.808. The van der Waals surface area contributed by atoms with Crippen molar-refractivity contribution in [3.8, 4) is 22.8 Å². The molecule has 0 aromatic carbocycles. The Hall–Kier alpha value is -2.70. The fourth-order valence-corrected chi connectivity index (χ4v) is 1.83. The van der Waals surface area contributed by atoms with Crippen molar-refractivity contribution in [2.24, 2.45) is 0 Å². The number of alkyl halides is 3. The highest BCUT2D eigenvalue weighted by molar-refractivity contribution is 5.61. The van der Waals surface area contributed by atoms with Crippen molar-refractivity contribution in [2.75, 3.05) is 0 Å². The maximum absolute atomic E-state index is 12.6. The van der Waals surface area contributed by atoms with Crippen LogP contribution in [-0.2, 0) is 6.18 Å². The predicted molar refractivity (Wildman–Crippen MR) is 70.1 cm³/mol. The van der Waals surface area contributed by atoms with E-state index in [9.17, 15) is 13.2 Å². The molecule has 106 valence electrons. The minimum absolute atomic E-state index is 0.139. The molecular weight excluding hydrogens is 281 g/mol. The van der Waals surface area contributed by atoms with Gasteiger partial charge in [-0.05, 0) is 30.3 Å². The number of H-pyrrole nitrogens is 1. The molecule has 3 aromatic heterocycles. The average molecular weight is 290 g/mol. The van der Waals surface area contributed by atoms with Gasteiger partial charge in [0, 0.05) is 6.20 Å². The second kappa shape index (κ2) is 5.01. The van der Waals surface area contributed by atoms with Gasteiger partial charge in [-0.2, -0.15) is 18.3 Å². The van der Waals surface area contributed by atoms with Gasteiger partial charge in [-0.3, -0.25) is 10.1 Å². The number of aromatic nitrogens is 4. The Morgan fingerprint density at radius 2 is 1.57 bits per heavy atom. The first-order chi connectivity index (χ1) is 10.0. The number of rotatable bonds is 2. The van der Waals surface area contributed by atoms with E-state index < -0.39 is 11.9 Å². The van der Waals surface area contributed by atoms with Crippen molar-refractivity contribution in [2.45, 2.75) is 6.18 Å². The van der Waals surface area contributed by atoms with Crippen LogP contribution in [0.4, 0.5) is 13.2 Å². The number of nitrogens with one attached hydrogen (secondary N) is 1. The maximum atomic E-state index is 12.6. The van der Waals surface area contributed by atoms with Crippen LogP contribution in [0.1, 0.15) is 5.69 Å². The topological polar surface area (TPSA) is 54.5 Å². The smallest absolute Gasteiger partial charge is 0.273 e. The van der Waals surface area contributed by atoms with Crippen molar-refractivity contribution in [1.29, 1.82) is 0 Å². The minimum Gasteiger partial charge on any atom is -0.273 e. The lowest BCUT2D eigenvalue weighted by Gasteiger charge is -2.02. The summed E-state index contributed by atoms with van der Waals surface area (Å²) in [5, 5.41) is 5.63. The van der Waals surface area contributed by atoms with Gasteiger partial charge < -0.3 is 0 Å². The first-order valence-corrected chi connectivity index (χ1v) is 6.05. The van der Waals surface area contributed by atoms with Crippen LogP contribution in [0.5, 0.6) is 0 Å². The standard InChI is InChI=1S/C14H9F3N4/c15-14(16,17)13-8-12(20-21-13)11-6-3-5-10(19-11)9-4-1-2-7-18-9/h1-8H,(H,20,21). The zero-order chi connectivity index (χ0) is 14.9. The molecule has 0 spiro atoms. The summed E-state index contributed by atoms with van der Waals surface area (Å²) in [7, 11) is 0. The predicted octanol–water partition coefficient (Wildman–Crippen LogP) is 3.55. The van der Waals surface area contributed by atoms with E-state index in [1.165, 1.54) is 0 Å². The molecule has 7 heteroatoms. The molecule has 4 nitrogen and oxygen atoms in total. The zero-order valence-electron chi connectivity index (χ0n) is 10.6.